The normalized spacial score (nSPS) is 23.2. The molecular weight excluding hydrogens is 879 g/mol. The van der Waals surface area contributed by atoms with Gasteiger partial charge in [-0.15, -0.1) is 0 Å². The van der Waals surface area contributed by atoms with E-state index in [1.54, 1.807) is 55.6 Å². The summed E-state index contributed by atoms with van der Waals surface area (Å²) in [5, 5.41) is 11.6. The molecule has 18 heteroatoms. The van der Waals surface area contributed by atoms with Gasteiger partial charge < -0.3 is 35.0 Å². The van der Waals surface area contributed by atoms with E-state index < -0.39 is 11.9 Å². The molecule has 0 spiro atoms. The Balaban J connectivity index is 0.693. The Labute approximate surface area is 403 Å². The number of likely N-dealkylation sites (N-methyl/N-ethyl adjacent to an activating group) is 1. The zero-order valence-electron chi connectivity index (χ0n) is 39.9. The molecule has 4 aliphatic heterocycles. The Morgan fingerprint density at radius 1 is 0.942 bits per heavy atom. The lowest BCUT2D eigenvalue weighted by atomic mass is 9.89. The maximum absolute atomic E-state index is 13.5. The van der Waals surface area contributed by atoms with Crippen molar-refractivity contribution in [3.8, 4) is 17.7 Å². The number of carbonyl (C=O) groups is 6. The van der Waals surface area contributed by atoms with Gasteiger partial charge in [0.05, 0.1) is 19.0 Å². The highest BCUT2D eigenvalue weighted by atomic mass is 16.5. The van der Waals surface area contributed by atoms with Gasteiger partial charge in [-0.05, 0) is 106 Å². The number of piperazine rings is 1. The van der Waals surface area contributed by atoms with Crippen LogP contribution in [0, 0.1) is 12.0 Å². The number of anilines is 4. The van der Waals surface area contributed by atoms with Crippen molar-refractivity contribution in [3.05, 3.63) is 64.8 Å². The third kappa shape index (κ3) is 10.3. The van der Waals surface area contributed by atoms with Crippen molar-refractivity contribution >= 4 is 58.6 Å². The second kappa shape index (κ2) is 21.0. The van der Waals surface area contributed by atoms with Crippen LogP contribution >= 0.6 is 0 Å². The largest absolute Gasteiger partial charge is 0.495 e. The fourth-order valence-corrected chi connectivity index (χ4v) is 11.1. The van der Waals surface area contributed by atoms with Gasteiger partial charge in [0.1, 0.15) is 23.5 Å². The quantitative estimate of drug-likeness (QED) is 0.109. The first-order chi connectivity index (χ1) is 33.5. The van der Waals surface area contributed by atoms with Crippen molar-refractivity contribution in [3.63, 3.8) is 0 Å². The lowest BCUT2D eigenvalue weighted by molar-refractivity contribution is -0.137. The molecule has 4 N–H and O–H groups in total. The molecule has 6 amide bonds. The molecule has 0 radical (unpaired) electrons. The molecule has 6 aliphatic rings. The lowest BCUT2D eigenvalue weighted by Crippen LogP contribution is -2.55. The van der Waals surface area contributed by atoms with Gasteiger partial charge in [-0.3, -0.25) is 44.3 Å². The molecular formula is C51H63N11O7. The van der Waals surface area contributed by atoms with Crippen LogP contribution in [-0.4, -0.2) is 137 Å². The van der Waals surface area contributed by atoms with Gasteiger partial charge in [-0.2, -0.15) is 4.98 Å². The van der Waals surface area contributed by atoms with Gasteiger partial charge in [0.25, 0.3) is 11.8 Å². The number of fused-ring (bicyclic) bond motifs is 2. The number of carbonyl (C=O) groups excluding carboxylic acids is 6. The predicted molar refractivity (Wildman–Crippen MR) is 259 cm³/mol. The third-order valence-corrected chi connectivity index (χ3v) is 14.9. The molecule has 2 aromatic carbocycles. The van der Waals surface area contributed by atoms with Crippen molar-refractivity contribution in [1.29, 1.82) is 0 Å². The fourth-order valence-electron chi connectivity index (χ4n) is 11.1. The summed E-state index contributed by atoms with van der Waals surface area (Å²) in [7, 11) is 3.37. The number of ether oxygens (including phenoxy) is 1. The van der Waals surface area contributed by atoms with Crippen molar-refractivity contribution in [1.82, 2.24) is 40.6 Å². The number of rotatable bonds is 13. The van der Waals surface area contributed by atoms with Crippen LogP contribution in [-0.2, 0) is 25.7 Å². The van der Waals surface area contributed by atoms with E-state index >= 15 is 0 Å². The average Bonchev–Trinajstić information content (AvgIpc) is 4.01. The smallest absolute Gasteiger partial charge is 0.255 e. The Kier molecular flexibility index (Phi) is 14.4. The van der Waals surface area contributed by atoms with E-state index in [1.807, 2.05) is 13.0 Å². The maximum Gasteiger partial charge on any atom is 0.255 e. The van der Waals surface area contributed by atoms with Crippen molar-refractivity contribution in [2.45, 2.75) is 127 Å². The fraction of sp³-hybridized carbons (Fsp3) is 0.529. The van der Waals surface area contributed by atoms with E-state index in [1.165, 1.54) is 4.90 Å². The Morgan fingerprint density at radius 3 is 2.46 bits per heavy atom. The summed E-state index contributed by atoms with van der Waals surface area (Å²) >= 11 is 0. The summed E-state index contributed by atoms with van der Waals surface area (Å²) in [6.07, 6.45) is 12.1. The van der Waals surface area contributed by atoms with Crippen LogP contribution < -0.4 is 35.8 Å². The van der Waals surface area contributed by atoms with Crippen LogP contribution in [0.15, 0.2) is 42.6 Å². The zero-order valence-corrected chi connectivity index (χ0v) is 39.9. The molecule has 4 fully saturated rings. The van der Waals surface area contributed by atoms with Gasteiger partial charge in [0.2, 0.25) is 29.6 Å². The van der Waals surface area contributed by atoms with Crippen molar-refractivity contribution in [2.75, 3.05) is 62.0 Å². The number of amides is 6. The molecule has 1 aromatic heterocycles. The van der Waals surface area contributed by atoms with Crippen LogP contribution in [0.3, 0.4) is 0 Å². The highest BCUT2D eigenvalue weighted by Gasteiger charge is 2.42. The molecule has 2 aliphatic carbocycles. The number of methoxy groups -OCH3 is 1. The lowest BCUT2D eigenvalue weighted by Gasteiger charge is -2.43. The second-order valence-corrected chi connectivity index (χ2v) is 19.1. The molecule has 2 saturated heterocycles. The van der Waals surface area contributed by atoms with Gasteiger partial charge in [-0.25, -0.2) is 4.98 Å². The SMILES string of the molecule is CC[C@@H]1C(=O)N(C)c2cnc(Nc3ccc(C(=O)NC4CCC(N5CCN(CCCC(=O)NC#Cc6cccc7c6CN(C6CCC(=O)NC6=O)C7=O)CC5)CC4)cc3OC)nc2N1C1CCCC1. The van der Waals surface area contributed by atoms with E-state index in [4.69, 9.17) is 9.72 Å². The minimum Gasteiger partial charge on any atom is -0.495 e. The summed E-state index contributed by atoms with van der Waals surface area (Å²) in [4.78, 5) is 96.6. The number of hydrogen-bond acceptors (Lipinski definition) is 13. The number of piperidine rings is 1. The number of nitrogens with zero attached hydrogens (tertiary/aromatic N) is 7. The number of nitrogens with one attached hydrogen (secondary N) is 4. The standard InChI is InChI=1S/C51H63N11O7/c1-4-40-50(68)58(2)42-30-53-51(57-46(42)62(40)36-10-5-6-11-36)55-39-19-14-33(29-43(39)69-3)47(65)54-34-15-17-35(18-16-34)60-27-25-59(26-28-60)24-8-13-44(63)52-23-22-32-9-7-12-37-38(32)31-61(49(37)67)41-20-21-45(64)56-48(41)66/h7,9,12,14,19,29-30,34-36,40-41H,4-6,8,10-11,13,15-18,20-21,24-28,31H2,1-3H3,(H,52,63)(H,54,65)(H,53,55,57)(H,56,64,66)/t34?,35?,40-,41?/m1/s1. The van der Waals surface area contributed by atoms with Crippen LogP contribution in [0.5, 0.6) is 5.75 Å². The Bertz CT molecular complexity index is 2540. The highest BCUT2D eigenvalue weighted by Crippen LogP contribution is 2.41. The number of benzene rings is 2. The molecule has 2 saturated carbocycles. The monoisotopic (exact) mass is 941 g/mol. The summed E-state index contributed by atoms with van der Waals surface area (Å²) < 4.78 is 5.75. The first-order valence-electron chi connectivity index (χ1n) is 24.7. The Morgan fingerprint density at radius 2 is 1.72 bits per heavy atom. The minimum absolute atomic E-state index is 0.0683. The summed E-state index contributed by atoms with van der Waals surface area (Å²) in [5.74, 6) is 3.37. The topological polar surface area (TPSA) is 202 Å². The Hall–Kier alpha value is -6.58. The molecule has 0 bridgehead atoms. The van der Waals surface area contributed by atoms with E-state index in [0.717, 1.165) is 89.9 Å². The van der Waals surface area contributed by atoms with E-state index in [0.29, 0.717) is 70.6 Å². The first kappa shape index (κ1) is 47.5. The van der Waals surface area contributed by atoms with Gasteiger partial charge in [-0.1, -0.05) is 25.8 Å². The van der Waals surface area contributed by atoms with Crippen LogP contribution in [0.1, 0.15) is 122 Å². The number of imide groups is 1. The summed E-state index contributed by atoms with van der Waals surface area (Å²) in [5.41, 5.74) is 3.67. The number of aromatic nitrogens is 2. The van der Waals surface area contributed by atoms with Crippen LogP contribution in [0.4, 0.5) is 23.1 Å². The van der Waals surface area contributed by atoms with E-state index in [2.05, 4.69) is 52.9 Å². The van der Waals surface area contributed by atoms with Gasteiger partial charge in [0, 0.05) is 93.5 Å². The van der Waals surface area contributed by atoms with E-state index in [-0.39, 0.29) is 67.0 Å². The summed E-state index contributed by atoms with van der Waals surface area (Å²) in [6, 6.07) is 13.2. The van der Waals surface area contributed by atoms with Crippen molar-refractivity contribution in [2.24, 2.45) is 0 Å². The molecule has 5 heterocycles. The third-order valence-electron chi connectivity index (χ3n) is 14.9. The van der Waals surface area contributed by atoms with Gasteiger partial charge >= 0.3 is 0 Å². The van der Waals surface area contributed by atoms with Gasteiger partial charge in [0.15, 0.2) is 5.82 Å². The van der Waals surface area contributed by atoms with Crippen LogP contribution in [0.2, 0.25) is 0 Å². The average molecular weight is 942 g/mol. The molecule has 9 rings (SSSR count). The molecule has 69 heavy (non-hydrogen) atoms. The summed E-state index contributed by atoms with van der Waals surface area (Å²) in [6.45, 7) is 6.90. The molecule has 2 atom stereocenters. The zero-order chi connectivity index (χ0) is 48.2. The first-order valence-corrected chi connectivity index (χ1v) is 24.7. The molecule has 18 nitrogen and oxygen atoms in total. The molecule has 3 aromatic rings. The predicted octanol–water partition coefficient (Wildman–Crippen LogP) is 4.06. The highest BCUT2D eigenvalue weighted by molar-refractivity contribution is 6.06. The number of hydrogen-bond donors (Lipinski definition) is 4. The second-order valence-electron chi connectivity index (χ2n) is 19.1. The maximum atomic E-state index is 13.5. The van der Waals surface area contributed by atoms with Crippen LogP contribution in [0.25, 0.3) is 0 Å². The molecule has 1 unspecified atom stereocenters. The van der Waals surface area contributed by atoms with E-state index in [9.17, 15) is 28.8 Å². The minimum atomic E-state index is -0.702. The molecule has 364 valence electrons. The van der Waals surface area contributed by atoms with Crippen molar-refractivity contribution < 1.29 is 33.5 Å².